The molecule has 0 bridgehead atoms. The van der Waals surface area contributed by atoms with Crippen molar-refractivity contribution in [1.82, 2.24) is 15.0 Å². The summed E-state index contributed by atoms with van der Waals surface area (Å²) in [7, 11) is 0. The zero-order chi connectivity index (χ0) is 20.7. The second-order valence-electron chi connectivity index (χ2n) is 8.40. The Bertz CT molecular complexity index is 1260. The van der Waals surface area contributed by atoms with Crippen molar-refractivity contribution in [2.24, 2.45) is 5.92 Å². The Hall–Kier alpha value is -3.26. The number of H-pyrrole nitrogens is 1. The molecule has 0 radical (unpaired) electrons. The van der Waals surface area contributed by atoms with E-state index in [0.29, 0.717) is 23.4 Å². The van der Waals surface area contributed by atoms with Gasteiger partial charge in [0.2, 0.25) is 0 Å². The molecule has 2 heterocycles. The van der Waals surface area contributed by atoms with E-state index in [-0.39, 0.29) is 5.82 Å². The van der Waals surface area contributed by atoms with Gasteiger partial charge in [0.25, 0.3) is 0 Å². The van der Waals surface area contributed by atoms with Crippen LogP contribution in [0.25, 0.3) is 26.8 Å². The topological polar surface area (TPSA) is 45.9 Å². The molecule has 0 unspecified atom stereocenters. The number of nitrogens with one attached hydrogen (secondary N) is 1. The Balaban J connectivity index is 1.34. The largest absolute Gasteiger partial charge is 0.343 e. The number of nitrogens with zero attached hydrogens (tertiary/aromatic N) is 3. The average molecular weight is 398 g/mol. The van der Waals surface area contributed by atoms with Crippen molar-refractivity contribution in [2.45, 2.75) is 44.4 Å². The lowest BCUT2D eigenvalue weighted by molar-refractivity contribution is 0.286. The van der Waals surface area contributed by atoms with Crippen molar-refractivity contribution in [2.75, 3.05) is 0 Å². The fraction of sp³-hybridized carbons (Fsp3) is 0.320. The van der Waals surface area contributed by atoms with Gasteiger partial charge in [-0.1, -0.05) is 13.0 Å². The number of aromatic nitrogens is 3. The van der Waals surface area contributed by atoms with Crippen molar-refractivity contribution in [3.05, 3.63) is 77.3 Å². The number of rotatable bonds is 3. The molecule has 1 aliphatic carbocycles. The highest BCUT2D eigenvalue weighted by Crippen LogP contribution is 2.43. The minimum atomic E-state index is -0.203. The van der Waals surface area contributed by atoms with Crippen LogP contribution in [0.15, 0.2) is 48.7 Å². The molecule has 1 N–H and O–H groups in total. The Morgan fingerprint density at radius 2 is 1.87 bits per heavy atom. The molecule has 5 rings (SSSR count). The molecule has 4 nitrogen and oxygen atoms in total. The van der Waals surface area contributed by atoms with E-state index >= 15 is 0 Å². The van der Waals surface area contributed by atoms with Crippen LogP contribution in [0.1, 0.15) is 55.8 Å². The van der Waals surface area contributed by atoms with Crippen LogP contribution >= 0.6 is 0 Å². The van der Waals surface area contributed by atoms with Gasteiger partial charge in [0.05, 0.1) is 23.1 Å². The Morgan fingerprint density at radius 3 is 2.67 bits per heavy atom. The summed E-state index contributed by atoms with van der Waals surface area (Å²) < 4.78 is 13.8. The first-order valence-electron chi connectivity index (χ1n) is 10.5. The molecular formula is C25H23FN4. The van der Waals surface area contributed by atoms with Gasteiger partial charge in [-0.05, 0) is 79.5 Å². The molecule has 0 spiro atoms. The van der Waals surface area contributed by atoms with Crippen LogP contribution in [0.2, 0.25) is 0 Å². The van der Waals surface area contributed by atoms with E-state index in [1.807, 2.05) is 24.4 Å². The molecule has 150 valence electrons. The summed E-state index contributed by atoms with van der Waals surface area (Å²) in [5.74, 6) is 2.14. The smallest absolute Gasteiger partial charge is 0.189 e. The van der Waals surface area contributed by atoms with Crippen molar-refractivity contribution < 1.29 is 4.39 Å². The van der Waals surface area contributed by atoms with Crippen molar-refractivity contribution in [3.63, 3.8) is 0 Å². The zero-order valence-corrected chi connectivity index (χ0v) is 16.9. The van der Waals surface area contributed by atoms with Crippen molar-refractivity contribution in [3.8, 4) is 0 Å². The summed E-state index contributed by atoms with van der Waals surface area (Å²) in [5.41, 5.74) is 4.57. The van der Waals surface area contributed by atoms with Gasteiger partial charge in [-0.15, -0.1) is 0 Å². The van der Waals surface area contributed by atoms with E-state index in [9.17, 15) is 4.39 Å². The molecule has 1 aliphatic rings. The number of halogens is 1. The lowest BCUT2D eigenvalue weighted by Crippen LogP contribution is -2.19. The van der Waals surface area contributed by atoms with Gasteiger partial charge in [0.15, 0.2) is 5.69 Å². The molecule has 0 aliphatic heterocycles. The molecule has 1 atom stereocenters. The normalized spacial score (nSPS) is 20.3. The third-order valence-corrected chi connectivity index (χ3v) is 6.70. The van der Waals surface area contributed by atoms with Gasteiger partial charge in [0.1, 0.15) is 11.6 Å². The maximum Gasteiger partial charge on any atom is 0.189 e. The fourth-order valence-electron chi connectivity index (χ4n) is 4.95. The maximum atomic E-state index is 13.8. The predicted octanol–water partition coefficient (Wildman–Crippen LogP) is 6.88. The fourth-order valence-corrected chi connectivity index (χ4v) is 4.95. The Kier molecular flexibility index (Phi) is 4.71. The number of pyridine rings is 1. The van der Waals surface area contributed by atoms with Gasteiger partial charge >= 0.3 is 0 Å². The second-order valence-corrected chi connectivity index (χ2v) is 8.40. The molecule has 0 saturated heterocycles. The highest BCUT2D eigenvalue weighted by Gasteiger charge is 2.29. The van der Waals surface area contributed by atoms with Gasteiger partial charge in [0, 0.05) is 17.5 Å². The Morgan fingerprint density at radius 1 is 1.07 bits per heavy atom. The average Bonchev–Trinajstić information content (AvgIpc) is 3.21. The van der Waals surface area contributed by atoms with E-state index in [0.717, 1.165) is 53.4 Å². The third kappa shape index (κ3) is 3.33. The van der Waals surface area contributed by atoms with Crippen molar-refractivity contribution in [1.29, 1.82) is 0 Å². The lowest BCUT2D eigenvalue weighted by Gasteiger charge is -2.32. The van der Waals surface area contributed by atoms with Crippen LogP contribution < -0.4 is 0 Å². The molecule has 2 aromatic carbocycles. The number of fused-ring (bicyclic) bond motifs is 2. The third-order valence-electron chi connectivity index (χ3n) is 6.70. The first-order valence-corrected chi connectivity index (χ1v) is 10.5. The number of imidazole rings is 1. The SMILES string of the molecule is [C-]#[N+]c1ccc2nc([C@@H](C)C3CCC(c4ccnc5ccc(F)cc45)CC3)[nH]c2c1. The van der Waals surface area contributed by atoms with Gasteiger partial charge in [-0.25, -0.2) is 14.2 Å². The maximum absolute atomic E-state index is 13.8. The first kappa shape index (κ1) is 18.7. The number of benzene rings is 2. The zero-order valence-electron chi connectivity index (χ0n) is 16.9. The standard InChI is InChI=1S/C25H23FN4/c1-15(25-29-23-10-8-19(27-2)14-24(23)30-25)16-3-5-17(6-4-16)20-11-12-28-22-9-7-18(26)13-21(20)22/h7-17H,3-6H2,1H3,(H,29,30)/t15-,16?,17?/m0/s1. The minimum absolute atomic E-state index is 0.203. The summed E-state index contributed by atoms with van der Waals surface area (Å²) in [4.78, 5) is 16.1. The number of aromatic amines is 1. The highest BCUT2D eigenvalue weighted by molar-refractivity contribution is 5.82. The molecule has 1 fully saturated rings. The van der Waals surface area contributed by atoms with Crippen molar-refractivity contribution >= 4 is 27.6 Å². The van der Waals surface area contributed by atoms with Crippen LogP contribution in [0, 0.1) is 18.3 Å². The Labute approximate surface area is 175 Å². The van der Waals surface area contributed by atoms with Gasteiger partial charge in [-0.2, -0.15) is 0 Å². The monoisotopic (exact) mass is 398 g/mol. The predicted molar refractivity (Wildman–Crippen MR) is 117 cm³/mol. The molecule has 0 amide bonds. The van der Waals surface area contributed by atoms with Crippen LogP contribution in [0.3, 0.4) is 0 Å². The number of hydrogen-bond acceptors (Lipinski definition) is 2. The van der Waals surface area contributed by atoms with E-state index in [1.165, 1.54) is 11.6 Å². The van der Waals surface area contributed by atoms with Gasteiger partial charge < -0.3 is 4.98 Å². The molecule has 5 heteroatoms. The lowest BCUT2D eigenvalue weighted by atomic mass is 9.73. The van der Waals surface area contributed by atoms with E-state index in [1.54, 1.807) is 12.1 Å². The molecule has 30 heavy (non-hydrogen) atoms. The molecule has 4 aromatic rings. The first-order chi connectivity index (χ1) is 14.6. The molecular weight excluding hydrogens is 375 g/mol. The summed E-state index contributed by atoms with van der Waals surface area (Å²) in [6, 6.07) is 12.5. The quantitative estimate of drug-likeness (QED) is 0.382. The molecule has 2 aromatic heterocycles. The summed E-state index contributed by atoms with van der Waals surface area (Å²) in [5, 5.41) is 0.946. The van der Waals surface area contributed by atoms with Gasteiger partial charge in [-0.3, -0.25) is 4.98 Å². The molecule has 1 saturated carbocycles. The summed E-state index contributed by atoms with van der Waals surface area (Å²) >= 11 is 0. The minimum Gasteiger partial charge on any atom is -0.343 e. The summed E-state index contributed by atoms with van der Waals surface area (Å²) in [6.07, 6.45) is 6.26. The van der Waals surface area contributed by atoms with Crippen LogP contribution in [-0.4, -0.2) is 15.0 Å². The van der Waals surface area contributed by atoms with E-state index in [2.05, 4.69) is 27.8 Å². The second kappa shape index (κ2) is 7.53. The number of hydrogen-bond donors (Lipinski definition) is 1. The van der Waals surface area contributed by atoms with E-state index < -0.39 is 0 Å². The summed E-state index contributed by atoms with van der Waals surface area (Å²) in [6.45, 7) is 9.43. The highest BCUT2D eigenvalue weighted by atomic mass is 19.1. The van der Waals surface area contributed by atoms with E-state index in [4.69, 9.17) is 11.6 Å². The van der Waals surface area contributed by atoms with Crippen LogP contribution in [0.4, 0.5) is 10.1 Å². The van der Waals surface area contributed by atoms with Crippen LogP contribution in [-0.2, 0) is 0 Å². The van der Waals surface area contributed by atoms with Crippen LogP contribution in [0.5, 0.6) is 0 Å².